The Morgan fingerprint density at radius 1 is 1.14 bits per heavy atom. The van der Waals surface area contributed by atoms with Gasteiger partial charge in [-0.25, -0.2) is 0 Å². The number of hydrogen-bond donors (Lipinski definition) is 1. The summed E-state index contributed by atoms with van der Waals surface area (Å²) in [4.78, 5) is 18.5. The number of aromatic nitrogens is 1. The van der Waals surface area contributed by atoms with E-state index in [4.69, 9.17) is 0 Å². The third kappa shape index (κ3) is 3.58. The zero-order valence-corrected chi connectivity index (χ0v) is 12.2. The standard InChI is InChI=1S/C17H21N3O/c21-17(20-11-3-4-12-20)9-10-18-13-15-8-7-14-5-1-2-6-16(14)19-15/h1-2,5-8,18H,3-4,9-13H2. The topological polar surface area (TPSA) is 45.2 Å². The molecule has 1 saturated heterocycles. The van der Waals surface area contributed by atoms with E-state index in [1.807, 2.05) is 29.2 Å². The number of nitrogens with one attached hydrogen (secondary N) is 1. The number of carbonyl (C=O) groups excluding carboxylic acids is 1. The lowest BCUT2D eigenvalue weighted by Crippen LogP contribution is -2.30. The number of likely N-dealkylation sites (tertiary alicyclic amines) is 1. The van der Waals surface area contributed by atoms with Crippen molar-refractivity contribution in [1.82, 2.24) is 15.2 Å². The van der Waals surface area contributed by atoms with Crippen LogP contribution in [0, 0.1) is 0 Å². The molecule has 1 aliphatic rings. The quantitative estimate of drug-likeness (QED) is 0.857. The van der Waals surface area contributed by atoms with Gasteiger partial charge in [-0.1, -0.05) is 24.3 Å². The van der Waals surface area contributed by atoms with Gasteiger partial charge >= 0.3 is 0 Å². The molecule has 3 rings (SSSR count). The Morgan fingerprint density at radius 3 is 2.81 bits per heavy atom. The van der Waals surface area contributed by atoms with Gasteiger partial charge in [0.2, 0.25) is 5.91 Å². The van der Waals surface area contributed by atoms with Crippen LogP contribution in [0.15, 0.2) is 36.4 Å². The molecule has 1 N–H and O–H groups in total. The first-order valence-electron chi connectivity index (χ1n) is 7.66. The van der Waals surface area contributed by atoms with Crippen LogP contribution in [-0.4, -0.2) is 35.4 Å². The molecule has 1 aromatic heterocycles. The molecule has 0 saturated carbocycles. The molecule has 0 spiro atoms. The number of pyridine rings is 1. The van der Waals surface area contributed by atoms with E-state index in [1.54, 1.807) is 0 Å². The van der Waals surface area contributed by atoms with Gasteiger partial charge in [-0.15, -0.1) is 0 Å². The van der Waals surface area contributed by atoms with Crippen molar-refractivity contribution < 1.29 is 4.79 Å². The zero-order chi connectivity index (χ0) is 14.5. The third-order valence-corrected chi connectivity index (χ3v) is 3.94. The minimum absolute atomic E-state index is 0.270. The fraction of sp³-hybridized carbons (Fsp3) is 0.412. The lowest BCUT2D eigenvalue weighted by atomic mass is 10.2. The van der Waals surface area contributed by atoms with E-state index in [0.29, 0.717) is 19.5 Å². The Balaban J connectivity index is 1.46. The van der Waals surface area contributed by atoms with Crippen LogP contribution in [0.5, 0.6) is 0 Å². The number of para-hydroxylation sites is 1. The molecule has 2 aromatic rings. The van der Waals surface area contributed by atoms with Gasteiger partial charge in [0, 0.05) is 38.0 Å². The maximum absolute atomic E-state index is 11.9. The van der Waals surface area contributed by atoms with Gasteiger partial charge < -0.3 is 10.2 Å². The maximum atomic E-state index is 11.9. The van der Waals surface area contributed by atoms with E-state index in [2.05, 4.69) is 22.4 Å². The number of carbonyl (C=O) groups is 1. The third-order valence-electron chi connectivity index (χ3n) is 3.94. The first kappa shape index (κ1) is 14.0. The number of nitrogens with zero attached hydrogens (tertiary/aromatic N) is 2. The number of rotatable bonds is 5. The SMILES string of the molecule is O=C(CCNCc1ccc2ccccc2n1)N1CCCC1. The Hall–Kier alpha value is -1.94. The maximum Gasteiger partial charge on any atom is 0.223 e. The van der Waals surface area contributed by atoms with Crippen LogP contribution in [0.4, 0.5) is 0 Å². The van der Waals surface area contributed by atoms with Crippen LogP contribution in [0.25, 0.3) is 10.9 Å². The monoisotopic (exact) mass is 283 g/mol. The molecule has 110 valence electrons. The molecule has 0 radical (unpaired) electrons. The molecule has 1 amide bonds. The predicted molar refractivity (Wildman–Crippen MR) is 83.9 cm³/mol. The van der Waals surface area contributed by atoms with Gasteiger partial charge in [0.1, 0.15) is 0 Å². The fourth-order valence-corrected chi connectivity index (χ4v) is 2.74. The Morgan fingerprint density at radius 2 is 1.95 bits per heavy atom. The Kier molecular flexibility index (Phi) is 4.46. The number of benzene rings is 1. The Bertz CT molecular complexity index is 620. The fourth-order valence-electron chi connectivity index (χ4n) is 2.74. The van der Waals surface area contributed by atoms with Crippen LogP contribution in [-0.2, 0) is 11.3 Å². The minimum atomic E-state index is 0.270. The van der Waals surface area contributed by atoms with Gasteiger partial charge in [0.05, 0.1) is 11.2 Å². The summed E-state index contributed by atoms with van der Waals surface area (Å²) in [5.41, 5.74) is 2.03. The van der Waals surface area contributed by atoms with E-state index in [1.165, 1.54) is 0 Å². The van der Waals surface area contributed by atoms with Crippen molar-refractivity contribution >= 4 is 16.8 Å². The van der Waals surface area contributed by atoms with Gasteiger partial charge in [0.15, 0.2) is 0 Å². The molecule has 2 heterocycles. The van der Waals surface area contributed by atoms with E-state index >= 15 is 0 Å². The molecule has 0 unspecified atom stereocenters. The normalized spacial score (nSPS) is 14.8. The highest BCUT2D eigenvalue weighted by atomic mass is 16.2. The van der Waals surface area contributed by atoms with Crippen molar-refractivity contribution in [2.75, 3.05) is 19.6 Å². The van der Waals surface area contributed by atoms with E-state index in [-0.39, 0.29) is 5.91 Å². The molecule has 1 fully saturated rings. The van der Waals surface area contributed by atoms with Crippen LogP contribution in [0.3, 0.4) is 0 Å². The molecule has 0 bridgehead atoms. The summed E-state index contributed by atoms with van der Waals surface area (Å²) in [5.74, 6) is 0.270. The molecule has 0 atom stereocenters. The summed E-state index contributed by atoms with van der Waals surface area (Å²) >= 11 is 0. The van der Waals surface area contributed by atoms with Crippen molar-refractivity contribution in [3.8, 4) is 0 Å². The molecule has 4 nitrogen and oxygen atoms in total. The van der Waals surface area contributed by atoms with Gasteiger partial charge in [-0.2, -0.15) is 0 Å². The lowest BCUT2D eigenvalue weighted by molar-refractivity contribution is -0.130. The van der Waals surface area contributed by atoms with Crippen LogP contribution < -0.4 is 5.32 Å². The summed E-state index contributed by atoms with van der Waals surface area (Å²) < 4.78 is 0. The highest BCUT2D eigenvalue weighted by molar-refractivity contribution is 5.78. The van der Waals surface area contributed by atoms with Gasteiger partial charge in [-0.05, 0) is 25.0 Å². The van der Waals surface area contributed by atoms with Crippen molar-refractivity contribution in [2.24, 2.45) is 0 Å². The Labute approximate surface area is 125 Å². The first-order valence-corrected chi connectivity index (χ1v) is 7.66. The molecule has 0 aliphatic carbocycles. The predicted octanol–water partition coefficient (Wildman–Crippen LogP) is 2.34. The largest absolute Gasteiger partial charge is 0.343 e. The summed E-state index contributed by atoms with van der Waals surface area (Å²) in [6.07, 6.45) is 2.88. The minimum Gasteiger partial charge on any atom is -0.343 e. The summed E-state index contributed by atoms with van der Waals surface area (Å²) in [6, 6.07) is 12.2. The van der Waals surface area contributed by atoms with Crippen LogP contribution in [0.2, 0.25) is 0 Å². The second-order valence-corrected chi connectivity index (χ2v) is 5.51. The average molecular weight is 283 g/mol. The second-order valence-electron chi connectivity index (χ2n) is 5.51. The van der Waals surface area contributed by atoms with Crippen molar-refractivity contribution in [2.45, 2.75) is 25.8 Å². The van der Waals surface area contributed by atoms with Gasteiger partial charge in [0.25, 0.3) is 0 Å². The van der Waals surface area contributed by atoms with Crippen molar-refractivity contribution in [3.05, 3.63) is 42.1 Å². The van der Waals surface area contributed by atoms with E-state index < -0.39 is 0 Å². The molecule has 4 heteroatoms. The molecular weight excluding hydrogens is 262 g/mol. The molecular formula is C17H21N3O. The highest BCUT2D eigenvalue weighted by Crippen LogP contribution is 2.12. The van der Waals surface area contributed by atoms with Gasteiger partial charge in [-0.3, -0.25) is 9.78 Å². The molecule has 21 heavy (non-hydrogen) atoms. The average Bonchev–Trinajstić information content (AvgIpc) is 3.06. The summed E-state index contributed by atoms with van der Waals surface area (Å²) in [6.45, 7) is 3.29. The highest BCUT2D eigenvalue weighted by Gasteiger charge is 2.16. The lowest BCUT2D eigenvalue weighted by Gasteiger charge is -2.15. The van der Waals surface area contributed by atoms with E-state index in [9.17, 15) is 4.79 Å². The van der Waals surface area contributed by atoms with Crippen molar-refractivity contribution in [1.29, 1.82) is 0 Å². The van der Waals surface area contributed by atoms with Crippen molar-refractivity contribution in [3.63, 3.8) is 0 Å². The summed E-state index contributed by atoms with van der Waals surface area (Å²) in [7, 11) is 0. The smallest absolute Gasteiger partial charge is 0.223 e. The molecule has 1 aromatic carbocycles. The van der Waals surface area contributed by atoms with Crippen LogP contribution in [0.1, 0.15) is 25.0 Å². The van der Waals surface area contributed by atoms with Crippen LogP contribution >= 0.6 is 0 Å². The molecule has 1 aliphatic heterocycles. The van der Waals surface area contributed by atoms with E-state index in [0.717, 1.165) is 42.5 Å². The number of fused-ring (bicyclic) bond motifs is 1. The number of amides is 1. The number of hydrogen-bond acceptors (Lipinski definition) is 3. The summed E-state index contributed by atoms with van der Waals surface area (Å²) in [5, 5.41) is 4.47. The first-order chi connectivity index (χ1) is 10.3. The second kappa shape index (κ2) is 6.68. The zero-order valence-electron chi connectivity index (χ0n) is 12.2.